The summed E-state index contributed by atoms with van der Waals surface area (Å²) in [5.41, 5.74) is 5.00. The van der Waals surface area contributed by atoms with E-state index in [-0.39, 0.29) is 11.7 Å². The van der Waals surface area contributed by atoms with E-state index in [1.807, 2.05) is 19.1 Å². The number of amides is 1. The highest BCUT2D eigenvalue weighted by Crippen LogP contribution is 2.17. The van der Waals surface area contributed by atoms with Crippen LogP contribution < -0.4 is 5.73 Å². The van der Waals surface area contributed by atoms with Crippen LogP contribution in [0.5, 0.6) is 0 Å². The highest BCUT2D eigenvalue weighted by Gasteiger charge is 2.07. The summed E-state index contributed by atoms with van der Waals surface area (Å²) in [4.78, 5) is 24.0. The first-order chi connectivity index (χ1) is 7.09. The minimum atomic E-state index is -0.297. The van der Waals surface area contributed by atoms with Crippen LogP contribution in [0, 0.1) is 6.92 Å². The van der Waals surface area contributed by atoms with Gasteiger partial charge in [-0.2, -0.15) is 0 Å². The lowest BCUT2D eigenvalue weighted by Gasteiger charge is -1.97. The predicted molar refractivity (Wildman–Crippen MR) is 61.0 cm³/mol. The average molecular weight is 225 g/mol. The SMILES string of the molecule is Cc1ccc(C(=O)CCCCC(N)=O)s1. The molecule has 0 saturated heterocycles. The number of Topliss-reactive ketones (excluding diaryl/α,β-unsaturated/α-hetero) is 1. The van der Waals surface area contributed by atoms with Gasteiger partial charge in [0.05, 0.1) is 4.88 Å². The van der Waals surface area contributed by atoms with Crippen LogP contribution in [0.25, 0.3) is 0 Å². The number of aryl methyl sites for hydroxylation is 1. The Hall–Kier alpha value is -1.16. The summed E-state index contributed by atoms with van der Waals surface area (Å²) in [6, 6.07) is 3.80. The Morgan fingerprint density at radius 1 is 1.27 bits per heavy atom. The molecule has 0 unspecified atom stereocenters. The van der Waals surface area contributed by atoms with Crippen molar-refractivity contribution in [3.8, 4) is 0 Å². The summed E-state index contributed by atoms with van der Waals surface area (Å²) < 4.78 is 0. The van der Waals surface area contributed by atoms with Crippen molar-refractivity contribution in [3.05, 3.63) is 21.9 Å². The number of hydrogen-bond donors (Lipinski definition) is 1. The van der Waals surface area contributed by atoms with Crippen molar-refractivity contribution < 1.29 is 9.59 Å². The molecule has 1 heterocycles. The molecule has 0 fully saturated rings. The molecule has 0 aliphatic carbocycles. The molecule has 1 aromatic heterocycles. The van der Waals surface area contributed by atoms with Gasteiger partial charge in [0, 0.05) is 17.7 Å². The van der Waals surface area contributed by atoms with Gasteiger partial charge in [0.25, 0.3) is 0 Å². The zero-order valence-electron chi connectivity index (χ0n) is 8.79. The van der Waals surface area contributed by atoms with E-state index in [9.17, 15) is 9.59 Å². The molecule has 0 aromatic carbocycles. The van der Waals surface area contributed by atoms with Gasteiger partial charge in [-0.15, -0.1) is 11.3 Å². The molecule has 1 amide bonds. The van der Waals surface area contributed by atoms with Gasteiger partial charge >= 0.3 is 0 Å². The number of rotatable bonds is 6. The molecule has 1 aromatic rings. The zero-order valence-corrected chi connectivity index (χ0v) is 9.60. The lowest BCUT2D eigenvalue weighted by Crippen LogP contribution is -2.09. The van der Waals surface area contributed by atoms with Crippen molar-refractivity contribution in [2.75, 3.05) is 0 Å². The molecule has 0 radical (unpaired) electrons. The maximum Gasteiger partial charge on any atom is 0.217 e. The molecule has 3 nitrogen and oxygen atoms in total. The second-order valence-corrected chi connectivity index (χ2v) is 4.79. The molecule has 1 rings (SSSR count). The fraction of sp³-hybridized carbons (Fsp3) is 0.455. The molecule has 0 bridgehead atoms. The van der Waals surface area contributed by atoms with Gasteiger partial charge in [-0.3, -0.25) is 9.59 Å². The van der Waals surface area contributed by atoms with Crippen molar-refractivity contribution in [1.29, 1.82) is 0 Å². The van der Waals surface area contributed by atoms with Crippen LogP contribution in [-0.2, 0) is 4.79 Å². The minimum absolute atomic E-state index is 0.164. The van der Waals surface area contributed by atoms with Crippen molar-refractivity contribution >= 4 is 23.0 Å². The number of hydrogen-bond acceptors (Lipinski definition) is 3. The van der Waals surface area contributed by atoms with Gasteiger partial charge in [0.15, 0.2) is 5.78 Å². The van der Waals surface area contributed by atoms with Crippen molar-refractivity contribution in [1.82, 2.24) is 0 Å². The average Bonchev–Trinajstić information content (AvgIpc) is 2.59. The van der Waals surface area contributed by atoms with Crippen molar-refractivity contribution in [3.63, 3.8) is 0 Å². The summed E-state index contributed by atoms with van der Waals surface area (Å²) in [7, 11) is 0. The Kier molecular flexibility index (Phi) is 4.49. The topological polar surface area (TPSA) is 60.2 Å². The molecular formula is C11H15NO2S. The summed E-state index contributed by atoms with van der Waals surface area (Å²) in [6.45, 7) is 1.98. The third-order valence-electron chi connectivity index (χ3n) is 2.09. The van der Waals surface area contributed by atoms with Crippen LogP contribution in [0.4, 0.5) is 0 Å². The number of unbranched alkanes of at least 4 members (excludes halogenated alkanes) is 1. The van der Waals surface area contributed by atoms with Gasteiger partial charge < -0.3 is 5.73 Å². The molecule has 0 aliphatic rings. The lowest BCUT2D eigenvalue weighted by molar-refractivity contribution is -0.118. The van der Waals surface area contributed by atoms with Crippen LogP contribution >= 0.6 is 11.3 Å². The number of carbonyl (C=O) groups excluding carboxylic acids is 2. The maximum absolute atomic E-state index is 11.6. The predicted octanol–water partition coefficient (Wildman–Crippen LogP) is 2.28. The normalized spacial score (nSPS) is 10.2. The van der Waals surface area contributed by atoms with Crippen LogP contribution in [0.15, 0.2) is 12.1 Å². The number of carbonyl (C=O) groups is 2. The Balaban J connectivity index is 2.28. The molecular weight excluding hydrogens is 210 g/mol. The second-order valence-electron chi connectivity index (χ2n) is 3.51. The van der Waals surface area contributed by atoms with Gasteiger partial charge in [-0.25, -0.2) is 0 Å². The van der Waals surface area contributed by atoms with E-state index < -0.39 is 0 Å². The summed E-state index contributed by atoms with van der Waals surface area (Å²) >= 11 is 1.52. The molecule has 15 heavy (non-hydrogen) atoms. The van der Waals surface area contributed by atoms with E-state index in [0.717, 1.165) is 16.2 Å². The minimum Gasteiger partial charge on any atom is -0.370 e. The largest absolute Gasteiger partial charge is 0.370 e. The highest BCUT2D eigenvalue weighted by molar-refractivity contribution is 7.14. The number of thiophene rings is 1. The molecule has 0 aliphatic heterocycles. The quantitative estimate of drug-likeness (QED) is 0.596. The van der Waals surface area contributed by atoms with Gasteiger partial charge in [-0.05, 0) is 31.9 Å². The molecule has 82 valence electrons. The Morgan fingerprint density at radius 2 is 1.93 bits per heavy atom. The Labute approximate surface area is 93.3 Å². The molecule has 0 saturated carbocycles. The van der Waals surface area contributed by atoms with Crippen LogP contribution in [0.1, 0.15) is 40.2 Å². The number of nitrogens with two attached hydrogens (primary N) is 1. The van der Waals surface area contributed by atoms with Crippen LogP contribution in [-0.4, -0.2) is 11.7 Å². The lowest BCUT2D eigenvalue weighted by atomic mass is 10.1. The summed E-state index contributed by atoms with van der Waals surface area (Å²) in [5, 5.41) is 0. The van der Waals surface area contributed by atoms with E-state index in [2.05, 4.69) is 0 Å². The molecule has 0 spiro atoms. The zero-order chi connectivity index (χ0) is 11.3. The van der Waals surface area contributed by atoms with Crippen LogP contribution in [0.3, 0.4) is 0 Å². The molecule has 4 heteroatoms. The van der Waals surface area contributed by atoms with E-state index in [0.29, 0.717) is 19.3 Å². The first-order valence-electron chi connectivity index (χ1n) is 4.97. The van der Waals surface area contributed by atoms with Gasteiger partial charge in [-0.1, -0.05) is 0 Å². The van der Waals surface area contributed by atoms with Crippen molar-refractivity contribution in [2.45, 2.75) is 32.6 Å². The van der Waals surface area contributed by atoms with Crippen LogP contribution in [0.2, 0.25) is 0 Å². The molecule has 2 N–H and O–H groups in total. The van der Waals surface area contributed by atoms with Gasteiger partial charge in [0.2, 0.25) is 5.91 Å². The summed E-state index contributed by atoms with van der Waals surface area (Å²) in [6.07, 6.45) is 2.31. The molecule has 0 atom stereocenters. The third kappa shape index (κ3) is 4.25. The maximum atomic E-state index is 11.6. The second kappa shape index (κ2) is 5.66. The van der Waals surface area contributed by atoms with E-state index in [1.54, 1.807) is 0 Å². The van der Waals surface area contributed by atoms with Gasteiger partial charge in [0.1, 0.15) is 0 Å². The smallest absolute Gasteiger partial charge is 0.217 e. The summed E-state index contributed by atoms with van der Waals surface area (Å²) in [5.74, 6) is -0.132. The fourth-order valence-electron chi connectivity index (χ4n) is 1.29. The first-order valence-corrected chi connectivity index (χ1v) is 5.79. The standard InChI is InChI=1S/C11H15NO2S/c1-8-6-7-10(15-8)9(13)4-2-3-5-11(12)14/h6-7H,2-5H2,1H3,(H2,12,14). The Morgan fingerprint density at radius 3 is 2.47 bits per heavy atom. The van der Waals surface area contributed by atoms with E-state index in [1.165, 1.54) is 11.3 Å². The van der Waals surface area contributed by atoms with E-state index >= 15 is 0 Å². The fourth-order valence-corrected chi connectivity index (χ4v) is 2.13. The monoisotopic (exact) mass is 225 g/mol. The van der Waals surface area contributed by atoms with E-state index in [4.69, 9.17) is 5.73 Å². The first kappa shape index (κ1) is 11.9. The van der Waals surface area contributed by atoms with Crippen molar-refractivity contribution in [2.24, 2.45) is 5.73 Å². The highest BCUT2D eigenvalue weighted by atomic mass is 32.1. The number of primary amides is 1. The third-order valence-corrected chi connectivity index (χ3v) is 3.13. The Bertz CT molecular complexity index is 357. The number of ketones is 1.